The standard InChI is InChI=1S/C13H16N4O9/c14-5-3-1-2-4-6(5)12(23,24)17(7(4)18)11(22)9(20)16-8(19)10(15,21)13(11,25)26/h1-3,7,18,21-26H,14-15H2,(H,16,19,20). The summed E-state index contributed by atoms with van der Waals surface area (Å²) in [5, 5.41) is 73.5. The zero-order valence-corrected chi connectivity index (χ0v) is 12.9. The molecule has 1 fully saturated rings. The molecule has 1 saturated heterocycles. The number of hydrogen-bond acceptors (Lipinski definition) is 12. The van der Waals surface area contributed by atoms with Gasteiger partial charge in [-0.15, -0.1) is 0 Å². The van der Waals surface area contributed by atoms with Crippen LogP contribution in [0.2, 0.25) is 0 Å². The van der Waals surface area contributed by atoms with Crippen LogP contribution in [-0.4, -0.2) is 69.7 Å². The van der Waals surface area contributed by atoms with Gasteiger partial charge in [0, 0.05) is 11.3 Å². The molecule has 0 radical (unpaired) electrons. The largest absolute Gasteiger partial charge is 0.398 e. The monoisotopic (exact) mass is 372 g/mol. The van der Waals surface area contributed by atoms with E-state index in [0.29, 0.717) is 0 Å². The van der Waals surface area contributed by atoms with Crippen molar-refractivity contribution in [2.75, 3.05) is 5.73 Å². The van der Waals surface area contributed by atoms with E-state index < -0.39 is 46.8 Å². The Hall–Kier alpha value is -2.20. The first-order valence-corrected chi connectivity index (χ1v) is 7.07. The third kappa shape index (κ3) is 1.83. The number of nitrogens with one attached hydrogen (secondary N) is 1. The molecule has 3 unspecified atom stereocenters. The van der Waals surface area contributed by atoms with Gasteiger partial charge >= 0.3 is 0 Å². The lowest BCUT2D eigenvalue weighted by molar-refractivity contribution is -0.431. The van der Waals surface area contributed by atoms with Crippen LogP contribution in [0.5, 0.6) is 0 Å². The number of hydrogen-bond donors (Lipinski definition) is 10. The fourth-order valence-electron chi connectivity index (χ4n) is 3.17. The third-order valence-corrected chi connectivity index (χ3v) is 4.58. The van der Waals surface area contributed by atoms with Crippen LogP contribution in [0.4, 0.5) is 5.69 Å². The van der Waals surface area contributed by atoms with Gasteiger partial charge in [0.25, 0.3) is 35.0 Å². The van der Waals surface area contributed by atoms with Crippen LogP contribution in [0.15, 0.2) is 18.2 Å². The molecule has 0 saturated carbocycles. The van der Waals surface area contributed by atoms with Gasteiger partial charge in [-0.3, -0.25) is 20.6 Å². The number of carbonyl (C=O) groups excluding carboxylic acids is 2. The highest BCUT2D eigenvalue weighted by Crippen LogP contribution is 2.51. The summed E-state index contributed by atoms with van der Waals surface area (Å²) in [6.45, 7) is 0. The summed E-state index contributed by atoms with van der Waals surface area (Å²) in [5.74, 6) is -11.3. The predicted octanol–water partition coefficient (Wildman–Crippen LogP) is -5.66. The maximum atomic E-state index is 12.2. The van der Waals surface area contributed by atoms with Crippen molar-refractivity contribution in [1.82, 2.24) is 10.2 Å². The fraction of sp³-hybridized carbons (Fsp3) is 0.385. The Labute approximate surface area is 144 Å². The molecule has 2 amide bonds. The number of aliphatic hydroxyl groups excluding tert-OH is 1. The van der Waals surface area contributed by atoms with Gasteiger partial charge in [0.1, 0.15) is 6.23 Å². The maximum absolute atomic E-state index is 12.2. The van der Waals surface area contributed by atoms with Crippen LogP contribution in [0, 0.1) is 0 Å². The van der Waals surface area contributed by atoms with Crippen LogP contribution in [-0.2, 0) is 15.5 Å². The molecule has 3 atom stereocenters. The van der Waals surface area contributed by atoms with E-state index in [0.717, 1.165) is 6.07 Å². The molecular weight excluding hydrogens is 356 g/mol. The van der Waals surface area contributed by atoms with E-state index in [2.05, 4.69) is 0 Å². The van der Waals surface area contributed by atoms with Crippen LogP contribution >= 0.6 is 0 Å². The van der Waals surface area contributed by atoms with Gasteiger partial charge < -0.3 is 41.5 Å². The van der Waals surface area contributed by atoms with E-state index in [1.807, 2.05) is 0 Å². The molecule has 3 rings (SSSR count). The molecule has 13 heteroatoms. The molecule has 2 heterocycles. The van der Waals surface area contributed by atoms with Crippen molar-refractivity contribution in [2.45, 2.75) is 29.4 Å². The molecule has 0 spiro atoms. The molecule has 1 aromatic carbocycles. The first kappa shape index (κ1) is 18.6. The van der Waals surface area contributed by atoms with Crippen molar-refractivity contribution in [3.05, 3.63) is 29.3 Å². The molecule has 142 valence electrons. The summed E-state index contributed by atoms with van der Waals surface area (Å²) in [4.78, 5) is 23.5. The average molecular weight is 372 g/mol. The molecule has 13 nitrogen and oxygen atoms in total. The van der Waals surface area contributed by atoms with E-state index in [-0.39, 0.29) is 16.2 Å². The van der Waals surface area contributed by atoms with Gasteiger partial charge in [-0.25, -0.2) is 0 Å². The molecule has 12 N–H and O–H groups in total. The smallest absolute Gasteiger partial charge is 0.280 e. The second kappa shape index (κ2) is 4.95. The summed E-state index contributed by atoms with van der Waals surface area (Å²) >= 11 is 0. The molecule has 2 aliphatic rings. The topological polar surface area (TPSA) is 243 Å². The lowest BCUT2D eigenvalue weighted by Crippen LogP contribution is -2.89. The number of amides is 2. The van der Waals surface area contributed by atoms with Crippen molar-refractivity contribution in [1.29, 1.82) is 0 Å². The average Bonchev–Trinajstić information content (AvgIpc) is 2.72. The lowest BCUT2D eigenvalue weighted by Gasteiger charge is -2.53. The van der Waals surface area contributed by atoms with Crippen LogP contribution in [0.25, 0.3) is 0 Å². The molecule has 0 aromatic heterocycles. The minimum absolute atomic E-state index is 0.263. The zero-order valence-electron chi connectivity index (χ0n) is 12.9. The Bertz CT molecular complexity index is 824. The number of fused-ring (bicyclic) bond motifs is 1. The summed E-state index contributed by atoms with van der Waals surface area (Å²) < 4.78 is 0. The SMILES string of the molecule is Nc1cccc2c1C(O)(O)N(C1(O)C(=O)NC(=O)C(N)(O)C1(O)O)C2O. The predicted molar refractivity (Wildman–Crippen MR) is 78.2 cm³/mol. The van der Waals surface area contributed by atoms with Gasteiger partial charge in [0.15, 0.2) is 0 Å². The molecule has 26 heavy (non-hydrogen) atoms. The van der Waals surface area contributed by atoms with E-state index in [9.17, 15) is 45.3 Å². The second-order valence-corrected chi connectivity index (χ2v) is 6.08. The number of aliphatic hydroxyl groups is 7. The normalized spacial score (nSPS) is 35.9. The highest BCUT2D eigenvalue weighted by molar-refractivity contribution is 6.07. The Morgan fingerprint density at radius 2 is 1.62 bits per heavy atom. The summed E-state index contributed by atoms with van der Waals surface area (Å²) in [6.07, 6.45) is -2.23. The van der Waals surface area contributed by atoms with Crippen LogP contribution in [0.3, 0.4) is 0 Å². The van der Waals surface area contributed by atoms with Gasteiger partial charge in [-0.2, -0.15) is 4.90 Å². The molecular formula is C13H16N4O9. The number of piperidine rings is 1. The third-order valence-electron chi connectivity index (χ3n) is 4.58. The zero-order chi connectivity index (χ0) is 19.9. The molecule has 2 aliphatic heterocycles. The highest BCUT2D eigenvalue weighted by Gasteiger charge is 2.78. The first-order chi connectivity index (χ1) is 11.7. The summed E-state index contributed by atoms with van der Waals surface area (Å²) in [5.41, 5.74) is 2.01. The Morgan fingerprint density at radius 1 is 1.04 bits per heavy atom. The number of rotatable bonds is 1. The van der Waals surface area contributed by atoms with Crippen molar-refractivity contribution in [3.63, 3.8) is 0 Å². The minimum atomic E-state index is -4.19. The van der Waals surface area contributed by atoms with Crippen molar-refractivity contribution in [2.24, 2.45) is 5.73 Å². The Morgan fingerprint density at radius 3 is 2.15 bits per heavy atom. The quantitative estimate of drug-likeness (QED) is 0.126. The number of carbonyl (C=O) groups is 2. The molecule has 0 aliphatic carbocycles. The Kier molecular flexibility index (Phi) is 3.54. The van der Waals surface area contributed by atoms with E-state index in [1.165, 1.54) is 17.4 Å². The van der Waals surface area contributed by atoms with E-state index in [1.54, 1.807) is 0 Å². The van der Waals surface area contributed by atoms with Crippen LogP contribution in [0.1, 0.15) is 17.4 Å². The van der Waals surface area contributed by atoms with Crippen molar-refractivity contribution in [3.8, 4) is 0 Å². The number of nitrogen functional groups attached to an aromatic ring is 1. The highest BCUT2D eigenvalue weighted by atomic mass is 16.6. The first-order valence-electron chi connectivity index (χ1n) is 7.07. The summed E-state index contributed by atoms with van der Waals surface area (Å²) in [6, 6.07) is 3.66. The van der Waals surface area contributed by atoms with E-state index in [4.69, 9.17) is 11.5 Å². The van der Waals surface area contributed by atoms with Crippen molar-refractivity contribution < 1.29 is 45.3 Å². The van der Waals surface area contributed by atoms with Gasteiger partial charge in [0.2, 0.25) is 0 Å². The van der Waals surface area contributed by atoms with E-state index >= 15 is 0 Å². The van der Waals surface area contributed by atoms with Gasteiger partial charge in [0.05, 0.1) is 5.56 Å². The minimum Gasteiger partial charge on any atom is -0.398 e. The van der Waals surface area contributed by atoms with Gasteiger partial charge in [-0.05, 0) is 6.07 Å². The summed E-state index contributed by atoms with van der Waals surface area (Å²) in [7, 11) is 0. The number of benzene rings is 1. The van der Waals surface area contributed by atoms with Gasteiger partial charge in [-0.1, -0.05) is 12.1 Å². The van der Waals surface area contributed by atoms with Crippen molar-refractivity contribution >= 4 is 17.5 Å². The molecule has 0 bridgehead atoms. The number of nitrogens with zero attached hydrogens (tertiary/aromatic N) is 1. The maximum Gasteiger partial charge on any atom is 0.280 e. The lowest BCUT2D eigenvalue weighted by atomic mass is 9.84. The Balaban J connectivity index is 2.27. The number of nitrogens with two attached hydrogens (primary N) is 2. The second-order valence-electron chi connectivity index (χ2n) is 6.08. The molecule has 1 aromatic rings. The van der Waals surface area contributed by atoms with Crippen LogP contribution < -0.4 is 16.8 Å². The fourth-order valence-corrected chi connectivity index (χ4v) is 3.17. The number of anilines is 1. The number of imide groups is 1.